The van der Waals surface area contributed by atoms with Crippen LogP contribution in [0.25, 0.3) is 0 Å². The van der Waals surface area contributed by atoms with Gasteiger partial charge in [-0.15, -0.1) is 0 Å². The first-order chi connectivity index (χ1) is 5.91. The maximum absolute atomic E-state index is 3.40. The number of alkyl halides is 1. The molecule has 0 aliphatic heterocycles. The Morgan fingerprint density at radius 3 is 2.08 bits per heavy atom. The summed E-state index contributed by atoms with van der Waals surface area (Å²) in [5.74, 6) is 0. The lowest BCUT2D eigenvalue weighted by Gasteiger charge is -1.86. The summed E-state index contributed by atoms with van der Waals surface area (Å²) >= 11 is 3.40. The van der Waals surface area contributed by atoms with Crippen molar-refractivity contribution in [1.29, 1.82) is 0 Å². The normalized spacial score (nSPS) is 11.8. The van der Waals surface area contributed by atoms with Crippen LogP contribution in [0.4, 0.5) is 0 Å². The van der Waals surface area contributed by atoms with Crippen LogP contribution in [0.2, 0.25) is 0 Å². The van der Waals surface area contributed by atoms with Crippen LogP contribution in [-0.4, -0.2) is 5.33 Å². The first kappa shape index (κ1) is 12.0. The van der Waals surface area contributed by atoms with Crippen LogP contribution in [0.1, 0.15) is 39.0 Å². The SMILES string of the molecule is CCCC/C=C/C=C\CCCBr. The molecule has 0 fully saturated rings. The van der Waals surface area contributed by atoms with Crippen LogP contribution in [0.5, 0.6) is 0 Å². The smallest absolute Gasteiger partial charge is 0.00342 e. The molecule has 0 N–H and O–H groups in total. The predicted molar refractivity (Wildman–Crippen MR) is 60.8 cm³/mol. The van der Waals surface area contributed by atoms with Gasteiger partial charge in [0.1, 0.15) is 0 Å². The third-order valence-corrected chi connectivity index (χ3v) is 2.17. The molecule has 0 aromatic carbocycles. The number of hydrogen-bond acceptors (Lipinski definition) is 0. The molecule has 0 rings (SSSR count). The molecule has 0 aliphatic carbocycles. The third kappa shape index (κ3) is 9.96. The molecule has 0 aliphatic rings. The molecule has 12 heavy (non-hydrogen) atoms. The average molecular weight is 231 g/mol. The van der Waals surface area contributed by atoms with E-state index in [1.165, 1.54) is 32.1 Å². The minimum Gasteiger partial charge on any atom is -0.0928 e. The molecule has 0 radical (unpaired) electrons. The molecular formula is C11H19Br. The first-order valence-electron chi connectivity index (χ1n) is 4.79. The largest absolute Gasteiger partial charge is 0.0928 e. The van der Waals surface area contributed by atoms with Gasteiger partial charge in [-0.2, -0.15) is 0 Å². The fraction of sp³-hybridized carbons (Fsp3) is 0.636. The monoisotopic (exact) mass is 230 g/mol. The molecule has 0 unspecified atom stereocenters. The second-order valence-corrected chi connectivity index (χ2v) is 3.62. The van der Waals surface area contributed by atoms with Crippen molar-refractivity contribution in [3.05, 3.63) is 24.3 Å². The van der Waals surface area contributed by atoms with Gasteiger partial charge in [0, 0.05) is 5.33 Å². The zero-order chi connectivity index (χ0) is 9.07. The van der Waals surface area contributed by atoms with E-state index in [4.69, 9.17) is 0 Å². The molecule has 0 atom stereocenters. The first-order valence-corrected chi connectivity index (χ1v) is 5.91. The minimum atomic E-state index is 1.11. The van der Waals surface area contributed by atoms with E-state index in [0.29, 0.717) is 0 Å². The van der Waals surface area contributed by atoms with E-state index in [9.17, 15) is 0 Å². The average Bonchev–Trinajstić information content (AvgIpc) is 2.10. The van der Waals surface area contributed by atoms with Gasteiger partial charge in [-0.3, -0.25) is 0 Å². The number of halogens is 1. The highest BCUT2D eigenvalue weighted by Gasteiger charge is 1.77. The molecule has 0 aromatic heterocycles. The van der Waals surface area contributed by atoms with Crippen LogP contribution in [0.3, 0.4) is 0 Å². The Hall–Kier alpha value is -0.0400. The van der Waals surface area contributed by atoms with E-state index < -0.39 is 0 Å². The Kier molecular flexibility index (Phi) is 10.9. The van der Waals surface area contributed by atoms with Crippen LogP contribution in [-0.2, 0) is 0 Å². The summed E-state index contributed by atoms with van der Waals surface area (Å²) in [5.41, 5.74) is 0. The highest BCUT2D eigenvalue weighted by Crippen LogP contribution is 1.97. The van der Waals surface area contributed by atoms with Crippen molar-refractivity contribution < 1.29 is 0 Å². The number of allylic oxidation sites excluding steroid dienone is 4. The van der Waals surface area contributed by atoms with Crippen molar-refractivity contribution in [1.82, 2.24) is 0 Å². The van der Waals surface area contributed by atoms with Gasteiger partial charge >= 0.3 is 0 Å². The molecule has 0 saturated heterocycles. The lowest BCUT2D eigenvalue weighted by Crippen LogP contribution is -1.69. The highest BCUT2D eigenvalue weighted by atomic mass is 79.9. The predicted octanol–water partition coefficient (Wildman–Crippen LogP) is 4.46. The fourth-order valence-corrected chi connectivity index (χ4v) is 1.19. The lowest BCUT2D eigenvalue weighted by molar-refractivity contribution is 0.815. The molecular weight excluding hydrogens is 212 g/mol. The number of unbranched alkanes of at least 4 members (excludes halogenated alkanes) is 3. The molecule has 0 spiro atoms. The van der Waals surface area contributed by atoms with E-state index in [1.807, 2.05) is 0 Å². The van der Waals surface area contributed by atoms with Crippen molar-refractivity contribution in [3.63, 3.8) is 0 Å². The Balaban J connectivity index is 3.15. The van der Waals surface area contributed by atoms with E-state index >= 15 is 0 Å². The zero-order valence-electron chi connectivity index (χ0n) is 7.93. The molecule has 70 valence electrons. The van der Waals surface area contributed by atoms with E-state index in [-0.39, 0.29) is 0 Å². The molecule has 0 amide bonds. The highest BCUT2D eigenvalue weighted by molar-refractivity contribution is 9.09. The molecule has 0 saturated carbocycles. The Morgan fingerprint density at radius 1 is 1.00 bits per heavy atom. The molecule has 0 nitrogen and oxygen atoms in total. The summed E-state index contributed by atoms with van der Waals surface area (Å²) in [6.45, 7) is 2.22. The number of rotatable bonds is 7. The van der Waals surface area contributed by atoms with Crippen molar-refractivity contribution in [2.24, 2.45) is 0 Å². The van der Waals surface area contributed by atoms with Gasteiger partial charge in [-0.1, -0.05) is 60.0 Å². The van der Waals surface area contributed by atoms with Gasteiger partial charge in [0.25, 0.3) is 0 Å². The van der Waals surface area contributed by atoms with Gasteiger partial charge in [0.2, 0.25) is 0 Å². The maximum Gasteiger partial charge on any atom is 0.00342 e. The van der Waals surface area contributed by atoms with E-state index in [0.717, 1.165) is 5.33 Å². The van der Waals surface area contributed by atoms with Crippen LogP contribution >= 0.6 is 15.9 Å². The summed E-state index contributed by atoms with van der Waals surface area (Å²) in [7, 11) is 0. The second kappa shape index (κ2) is 11.0. The van der Waals surface area contributed by atoms with Gasteiger partial charge in [0.05, 0.1) is 0 Å². The van der Waals surface area contributed by atoms with Crippen LogP contribution in [0, 0.1) is 0 Å². The third-order valence-electron chi connectivity index (χ3n) is 1.61. The van der Waals surface area contributed by atoms with Gasteiger partial charge < -0.3 is 0 Å². The molecule has 1 heteroatoms. The molecule has 0 heterocycles. The summed E-state index contributed by atoms with van der Waals surface area (Å²) < 4.78 is 0. The Labute approximate surface area is 84.9 Å². The van der Waals surface area contributed by atoms with E-state index in [1.54, 1.807) is 0 Å². The van der Waals surface area contributed by atoms with Crippen LogP contribution in [0.15, 0.2) is 24.3 Å². The fourth-order valence-electron chi connectivity index (χ4n) is 0.867. The van der Waals surface area contributed by atoms with Crippen LogP contribution < -0.4 is 0 Å². The number of hydrogen-bond donors (Lipinski definition) is 0. The topological polar surface area (TPSA) is 0 Å². The van der Waals surface area contributed by atoms with Crippen molar-refractivity contribution in [2.75, 3.05) is 5.33 Å². The molecule has 0 aromatic rings. The van der Waals surface area contributed by atoms with Crippen molar-refractivity contribution >= 4 is 15.9 Å². The zero-order valence-corrected chi connectivity index (χ0v) is 9.52. The molecule has 0 bridgehead atoms. The van der Waals surface area contributed by atoms with Gasteiger partial charge in [0.15, 0.2) is 0 Å². The second-order valence-electron chi connectivity index (χ2n) is 2.83. The standard InChI is InChI=1S/C11H19Br/c1-2-3-4-5-6-7-8-9-10-11-12/h5-8H,2-4,9-11H2,1H3/b6-5+,8-7-. The summed E-state index contributed by atoms with van der Waals surface area (Å²) in [4.78, 5) is 0. The summed E-state index contributed by atoms with van der Waals surface area (Å²) in [6.07, 6.45) is 15.0. The van der Waals surface area contributed by atoms with E-state index in [2.05, 4.69) is 47.2 Å². The van der Waals surface area contributed by atoms with Crippen molar-refractivity contribution in [2.45, 2.75) is 39.0 Å². The van der Waals surface area contributed by atoms with Gasteiger partial charge in [-0.05, 0) is 19.3 Å². The van der Waals surface area contributed by atoms with Gasteiger partial charge in [-0.25, -0.2) is 0 Å². The lowest BCUT2D eigenvalue weighted by atomic mass is 10.2. The summed E-state index contributed by atoms with van der Waals surface area (Å²) in [5, 5.41) is 1.11. The quantitative estimate of drug-likeness (QED) is 0.344. The Morgan fingerprint density at radius 2 is 1.58 bits per heavy atom. The Bertz CT molecular complexity index is 109. The maximum atomic E-state index is 3.40. The minimum absolute atomic E-state index is 1.11. The summed E-state index contributed by atoms with van der Waals surface area (Å²) in [6, 6.07) is 0. The van der Waals surface area contributed by atoms with Crippen molar-refractivity contribution in [3.8, 4) is 0 Å².